The van der Waals surface area contributed by atoms with Crippen LogP contribution in [0, 0.1) is 5.92 Å². The summed E-state index contributed by atoms with van der Waals surface area (Å²) in [6, 6.07) is 0.302. The summed E-state index contributed by atoms with van der Waals surface area (Å²) in [5, 5.41) is 2.81. The number of ketones is 2. The molecule has 0 heterocycles. The first-order chi connectivity index (χ1) is 11.5. The lowest BCUT2D eigenvalue weighted by molar-refractivity contribution is -0.145. The number of amides is 1. The van der Waals surface area contributed by atoms with Gasteiger partial charge in [0.2, 0.25) is 5.91 Å². The van der Waals surface area contributed by atoms with Crippen LogP contribution in [0.3, 0.4) is 0 Å². The molecule has 0 unspecified atom stereocenters. The van der Waals surface area contributed by atoms with E-state index in [1.807, 2.05) is 0 Å². The van der Waals surface area contributed by atoms with Crippen molar-refractivity contribution in [2.24, 2.45) is 5.92 Å². The highest BCUT2D eigenvalue weighted by Crippen LogP contribution is 2.32. The average molecular weight is 337 g/mol. The third-order valence-corrected chi connectivity index (χ3v) is 4.26. The minimum Gasteiger partial charge on any atom is -0.466 e. The fraction of sp³-hybridized carbons (Fsp3) is 0.778. The maximum Gasteiger partial charge on any atom is 0.306 e. The zero-order valence-corrected chi connectivity index (χ0v) is 14.2. The first-order valence-electron chi connectivity index (χ1n) is 9.01. The SMILES string of the molecule is O=C(CCCOC(=O)CCC(=O)NC1CC1)CCC(=O)CC1CC1. The molecule has 2 aliphatic rings. The van der Waals surface area contributed by atoms with Crippen LogP contribution in [0.2, 0.25) is 0 Å². The molecule has 1 N–H and O–H groups in total. The molecule has 2 aliphatic carbocycles. The van der Waals surface area contributed by atoms with Crippen molar-refractivity contribution in [1.82, 2.24) is 5.32 Å². The molecule has 6 heteroatoms. The minimum absolute atomic E-state index is 0.0407. The highest BCUT2D eigenvalue weighted by Gasteiger charge is 2.24. The molecule has 0 aromatic carbocycles. The lowest BCUT2D eigenvalue weighted by Crippen LogP contribution is -2.25. The standard InChI is InChI=1S/C18H27NO5/c20-15(7-8-16(21)12-13-3-4-13)2-1-11-24-18(23)10-9-17(22)19-14-5-6-14/h13-14H,1-12H2,(H,19,22). The molecule has 6 nitrogen and oxygen atoms in total. The second kappa shape index (κ2) is 9.55. The Bertz CT molecular complexity index is 436. The number of carbonyl (C=O) groups excluding carboxylic acids is 4. The van der Waals surface area contributed by atoms with Crippen LogP contribution in [0.25, 0.3) is 0 Å². The number of nitrogens with one attached hydrogen (secondary N) is 1. The van der Waals surface area contributed by atoms with Gasteiger partial charge in [0, 0.05) is 38.1 Å². The molecular formula is C18H27NO5. The Balaban J connectivity index is 1.41. The van der Waals surface area contributed by atoms with Crippen LogP contribution >= 0.6 is 0 Å². The topological polar surface area (TPSA) is 89.5 Å². The summed E-state index contributed by atoms with van der Waals surface area (Å²) in [7, 11) is 0. The number of Topliss-reactive ketones (excluding diaryl/α,β-unsaturated/α-hetero) is 2. The van der Waals surface area contributed by atoms with E-state index in [4.69, 9.17) is 4.74 Å². The van der Waals surface area contributed by atoms with Gasteiger partial charge in [0.05, 0.1) is 13.0 Å². The van der Waals surface area contributed by atoms with Crippen LogP contribution in [-0.4, -0.2) is 36.1 Å². The molecular weight excluding hydrogens is 310 g/mol. The Morgan fingerprint density at radius 3 is 2.21 bits per heavy atom. The molecule has 0 aromatic rings. The van der Waals surface area contributed by atoms with Gasteiger partial charge in [-0.1, -0.05) is 0 Å². The van der Waals surface area contributed by atoms with Crippen molar-refractivity contribution in [1.29, 1.82) is 0 Å². The van der Waals surface area contributed by atoms with E-state index in [2.05, 4.69) is 5.32 Å². The first kappa shape index (κ1) is 18.6. The lowest BCUT2D eigenvalue weighted by atomic mass is 10.1. The van der Waals surface area contributed by atoms with Crippen molar-refractivity contribution >= 4 is 23.4 Å². The fourth-order valence-corrected chi connectivity index (χ4v) is 2.42. The third-order valence-electron chi connectivity index (χ3n) is 4.26. The summed E-state index contributed by atoms with van der Waals surface area (Å²) in [4.78, 5) is 46.1. The van der Waals surface area contributed by atoms with Gasteiger partial charge in [-0.25, -0.2) is 0 Å². The van der Waals surface area contributed by atoms with Gasteiger partial charge in [0.25, 0.3) is 0 Å². The van der Waals surface area contributed by atoms with Crippen LogP contribution in [0.4, 0.5) is 0 Å². The molecule has 0 aromatic heterocycles. The van der Waals surface area contributed by atoms with Crippen molar-refractivity contribution in [2.75, 3.05) is 6.61 Å². The predicted octanol–water partition coefficient (Wildman–Crippen LogP) is 2.09. The maximum absolute atomic E-state index is 11.7. The van der Waals surface area contributed by atoms with E-state index in [0.717, 1.165) is 25.7 Å². The zero-order valence-electron chi connectivity index (χ0n) is 14.2. The molecule has 2 saturated carbocycles. The van der Waals surface area contributed by atoms with Gasteiger partial charge >= 0.3 is 5.97 Å². The average Bonchev–Trinajstić information content (AvgIpc) is 3.44. The largest absolute Gasteiger partial charge is 0.466 e. The number of carbonyl (C=O) groups is 4. The van der Waals surface area contributed by atoms with Crippen molar-refractivity contribution in [3.8, 4) is 0 Å². The second-order valence-electron chi connectivity index (χ2n) is 6.89. The monoisotopic (exact) mass is 337 g/mol. The Kier molecular flexibility index (Phi) is 7.40. The summed E-state index contributed by atoms with van der Waals surface area (Å²) in [5.41, 5.74) is 0. The van der Waals surface area contributed by atoms with Crippen LogP contribution in [0.5, 0.6) is 0 Å². The van der Waals surface area contributed by atoms with Crippen molar-refractivity contribution in [2.45, 2.75) is 76.7 Å². The van der Waals surface area contributed by atoms with Gasteiger partial charge < -0.3 is 10.1 Å². The molecule has 2 rings (SSSR count). The van der Waals surface area contributed by atoms with Crippen LogP contribution < -0.4 is 5.32 Å². The van der Waals surface area contributed by atoms with E-state index in [9.17, 15) is 19.2 Å². The molecule has 0 aliphatic heterocycles. The molecule has 0 atom stereocenters. The zero-order chi connectivity index (χ0) is 17.4. The number of hydrogen-bond acceptors (Lipinski definition) is 5. The van der Waals surface area contributed by atoms with E-state index < -0.39 is 5.97 Å². The van der Waals surface area contributed by atoms with Crippen LogP contribution in [0.1, 0.15) is 70.6 Å². The van der Waals surface area contributed by atoms with E-state index in [-0.39, 0.29) is 36.9 Å². The lowest BCUT2D eigenvalue weighted by Gasteiger charge is -2.05. The van der Waals surface area contributed by atoms with Crippen molar-refractivity contribution < 1.29 is 23.9 Å². The van der Waals surface area contributed by atoms with Gasteiger partial charge in [-0.3, -0.25) is 19.2 Å². The molecule has 24 heavy (non-hydrogen) atoms. The number of hydrogen-bond donors (Lipinski definition) is 1. The summed E-state index contributed by atoms with van der Waals surface area (Å²) >= 11 is 0. The van der Waals surface area contributed by atoms with E-state index in [1.165, 1.54) is 0 Å². The van der Waals surface area contributed by atoms with Crippen LogP contribution in [-0.2, 0) is 23.9 Å². The predicted molar refractivity (Wildman–Crippen MR) is 87.2 cm³/mol. The summed E-state index contributed by atoms with van der Waals surface area (Å²) in [5.74, 6) is 0.271. The van der Waals surface area contributed by atoms with Gasteiger partial charge in [0.15, 0.2) is 0 Å². The number of esters is 1. The number of ether oxygens (including phenoxy) is 1. The summed E-state index contributed by atoms with van der Waals surface area (Å²) < 4.78 is 5.01. The Morgan fingerprint density at radius 1 is 0.833 bits per heavy atom. The highest BCUT2D eigenvalue weighted by atomic mass is 16.5. The molecule has 0 saturated heterocycles. The molecule has 2 fully saturated rings. The minimum atomic E-state index is -0.409. The van der Waals surface area contributed by atoms with E-state index in [0.29, 0.717) is 44.1 Å². The molecule has 1 amide bonds. The van der Waals surface area contributed by atoms with Crippen molar-refractivity contribution in [3.63, 3.8) is 0 Å². The maximum atomic E-state index is 11.7. The molecule has 0 radical (unpaired) electrons. The summed E-state index contributed by atoms with van der Waals surface area (Å²) in [6.07, 6.45) is 6.61. The molecule has 0 spiro atoms. The summed E-state index contributed by atoms with van der Waals surface area (Å²) in [6.45, 7) is 0.185. The van der Waals surface area contributed by atoms with Gasteiger partial charge in [-0.15, -0.1) is 0 Å². The smallest absolute Gasteiger partial charge is 0.306 e. The van der Waals surface area contributed by atoms with E-state index in [1.54, 1.807) is 0 Å². The Morgan fingerprint density at radius 2 is 1.54 bits per heavy atom. The van der Waals surface area contributed by atoms with Gasteiger partial charge in [-0.2, -0.15) is 0 Å². The quantitative estimate of drug-likeness (QED) is 0.410. The molecule has 134 valence electrons. The highest BCUT2D eigenvalue weighted by molar-refractivity contribution is 5.86. The van der Waals surface area contributed by atoms with Gasteiger partial charge in [-0.05, 0) is 38.0 Å². The first-order valence-corrected chi connectivity index (χ1v) is 9.01. The van der Waals surface area contributed by atoms with Crippen LogP contribution in [0.15, 0.2) is 0 Å². The van der Waals surface area contributed by atoms with Crippen molar-refractivity contribution in [3.05, 3.63) is 0 Å². The fourth-order valence-electron chi connectivity index (χ4n) is 2.42. The Labute approximate surface area is 142 Å². The Hall–Kier alpha value is -1.72. The third kappa shape index (κ3) is 8.79. The molecule has 0 bridgehead atoms. The number of rotatable bonds is 13. The second-order valence-corrected chi connectivity index (χ2v) is 6.89. The van der Waals surface area contributed by atoms with E-state index >= 15 is 0 Å². The van der Waals surface area contributed by atoms with Gasteiger partial charge in [0.1, 0.15) is 11.6 Å². The normalized spacial score (nSPS) is 16.5.